The van der Waals surface area contributed by atoms with Crippen LogP contribution in [-0.2, 0) is 0 Å². The molecule has 1 saturated carbocycles. The molecule has 3 rings (SSSR count). The molecular weight excluding hydrogens is 327 g/mol. The quantitative estimate of drug-likeness (QED) is 0.836. The Bertz CT molecular complexity index is 550. The van der Waals surface area contributed by atoms with Crippen molar-refractivity contribution in [3.8, 4) is 0 Å². The number of nitrogens with one attached hydrogen (secondary N) is 1. The maximum Gasteiger partial charge on any atom is 0.391 e. The molecule has 1 saturated heterocycles. The van der Waals surface area contributed by atoms with Crippen LogP contribution < -0.4 is 16.0 Å². The highest BCUT2D eigenvalue weighted by Crippen LogP contribution is 2.35. The molecule has 1 aromatic rings. The molecule has 2 aliphatic rings. The predicted octanol–water partition coefficient (Wildman–Crippen LogP) is 4.54. The normalized spacial score (nSPS) is 28.8. The molecule has 1 aliphatic heterocycles. The van der Waals surface area contributed by atoms with Gasteiger partial charge in [0, 0.05) is 36.0 Å². The van der Waals surface area contributed by atoms with Crippen molar-refractivity contribution in [3.63, 3.8) is 0 Å². The molecule has 0 aromatic heterocycles. The van der Waals surface area contributed by atoms with Crippen molar-refractivity contribution in [2.75, 3.05) is 23.3 Å². The van der Waals surface area contributed by atoms with Crippen LogP contribution in [0.3, 0.4) is 0 Å². The Morgan fingerprint density at radius 2 is 1.60 bits per heavy atom. The summed E-state index contributed by atoms with van der Waals surface area (Å²) in [5.41, 5.74) is 8.20. The topological polar surface area (TPSA) is 41.3 Å². The van der Waals surface area contributed by atoms with E-state index in [0.29, 0.717) is 19.1 Å². The molecule has 3 nitrogen and oxygen atoms in total. The van der Waals surface area contributed by atoms with E-state index >= 15 is 0 Å². The first-order chi connectivity index (χ1) is 11.7. The monoisotopic (exact) mass is 355 g/mol. The number of nitrogens with two attached hydrogens (primary N) is 1. The zero-order valence-electron chi connectivity index (χ0n) is 14.8. The first kappa shape index (κ1) is 18.4. The minimum absolute atomic E-state index is 0.0371. The molecule has 1 heterocycles. The minimum Gasteiger partial charge on any atom is -0.382 e. The van der Waals surface area contributed by atoms with E-state index in [4.69, 9.17) is 5.73 Å². The summed E-state index contributed by atoms with van der Waals surface area (Å²) in [6.45, 7) is 3.04. The number of alkyl halides is 3. The van der Waals surface area contributed by atoms with Gasteiger partial charge in [-0.1, -0.05) is 0 Å². The Morgan fingerprint density at radius 1 is 1.04 bits per heavy atom. The third-order valence-electron chi connectivity index (χ3n) is 5.69. The van der Waals surface area contributed by atoms with Gasteiger partial charge in [-0.05, 0) is 69.7 Å². The van der Waals surface area contributed by atoms with Crippen LogP contribution in [0.2, 0.25) is 0 Å². The van der Waals surface area contributed by atoms with Gasteiger partial charge in [0.25, 0.3) is 0 Å². The Balaban J connectivity index is 1.51. The molecule has 0 radical (unpaired) electrons. The van der Waals surface area contributed by atoms with Crippen LogP contribution in [-0.4, -0.2) is 30.8 Å². The molecule has 6 heteroatoms. The number of anilines is 2. The summed E-state index contributed by atoms with van der Waals surface area (Å²) < 4.78 is 38.3. The average molecular weight is 355 g/mol. The summed E-state index contributed by atoms with van der Waals surface area (Å²) in [4.78, 5) is 2.05. The van der Waals surface area contributed by atoms with Crippen LogP contribution >= 0.6 is 0 Å². The second kappa shape index (κ2) is 7.06. The standard InChI is InChI=1S/C19H28F3N3/c1-18(23)10-6-16(7-11-18)24-15-2-4-17(5-3-15)25-12-8-14(9-13-25)19(20,21)22/h2-5,14,16,24H,6-13,23H2,1H3. The Morgan fingerprint density at radius 3 is 2.12 bits per heavy atom. The van der Waals surface area contributed by atoms with Crippen LogP contribution in [0.5, 0.6) is 0 Å². The van der Waals surface area contributed by atoms with E-state index in [2.05, 4.69) is 12.2 Å². The lowest BCUT2D eigenvalue weighted by Crippen LogP contribution is -2.42. The summed E-state index contributed by atoms with van der Waals surface area (Å²) in [5.74, 6) is -1.15. The second-order valence-corrected chi connectivity index (χ2v) is 7.92. The highest BCUT2D eigenvalue weighted by Gasteiger charge is 2.41. The Kier molecular flexibility index (Phi) is 5.19. The van der Waals surface area contributed by atoms with E-state index in [1.807, 2.05) is 29.2 Å². The molecule has 0 bridgehead atoms. The van der Waals surface area contributed by atoms with E-state index < -0.39 is 12.1 Å². The van der Waals surface area contributed by atoms with Crippen molar-refractivity contribution in [2.24, 2.45) is 11.7 Å². The molecule has 0 unspecified atom stereocenters. The molecule has 3 N–H and O–H groups in total. The molecule has 25 heavy (non-hydrogen) atoms. The molecule has 140 valence electrons. The number of hydrogen-bond donors (Lipinski definition) is 2. The van der Waals surface area contributed by atoms with E-state index in [1.54, 1.807) is 0 Å². The Labute approximate surface area is 147 Å². The van der Waals surface area contributed by atoms with Crippen molar-refractivity contribution >= 4 is 11.4 Å². The predicted molar refractivity (Wildman–Crippen MR) is 95.9 cm³/mol. The van der Waals surface area contributed by atoms with E-state index in [0.717, 1.165) is 37.1 Å². The summed E-state index contributed by atoms with van der Waals surface area (Å²) in [5, 5.41) is 3.55. The largest absolute Gasteiger partial charge is 0.391 e. The van der Waals surface area contributed by atoms with Gasteiger partial charge in [0.1, 0.15) is 0 Å². The van der Waals surface area contributed by atoms with Gasteiger partial charge in [-0.25, -0.2) is 0 Å². The van der Waals surface area contributed by atoms with Crippen molar-refractivity contribution < 1.29 is 13.2 Å². The van der Waals surface area contributed by atoms with Gasteiger partial charge in [0.15, 0.2) is 0 Å². The number of halogens is 3. The molecule has 0 amide bonds. The lowest BCUT2D eigenvalue weighted by atomic mass is 9.81. The fourth-order valence-corrected chi connectivity index (χ4v) is 3.89. The van der Waals surface area contributed by atoms with Gasteiger partial charge in [-0.2, -0.15) is 13.2 Å². The molecular formula is C19H28F3N3. The summed E-state index contributed by atoms with van der Waals surface area (Å²) in [6.07, 6.45) is 0.500. The van der Waals surface area contributed by atoms with Crippen molar-refractivity contribution in [1.29, 1.82) is 0 Å². The molecule has 1 aliphatic carbocycles. The van der Waals surface area contributed by atoms with E-state index in [1.165, 1.54) is 0 Å². The maximum atomic E-state index is 12.8. The maximum absolute atomic E-state index is 12.8. The molecule has 0 atom stereocenters. The number of rotatable bonds is 3. The lowest BCUT2D eigenvalue weighted by molar-refractivity contribution is -0.179. The number of hydrogen-bond acceptors (Lipinski definition) is 3. The fraction of sp³-hybridized carbons (Fsp3) is 0.684. The van der Waals surface area contributed by atoms with E-state index in [-0.39, 0.29) is 18.4 Å². The highest BCUT2D eigenvalue weighted by molar-refractivity contribution is 5.55. The molecule has 1 aromatic carbocycles. The summed E-state index contributed by atoms with van der Waals surface area (Å²) in [6, 6.07) is 8.52. The zero-order valence-corrected chi connectivity index (χ0v) is 14.8. The van der Waals surface area contributed by atoms with Crippen LogP contribution in [0.25, 0.3) is 0 Å². The zero-order chi connectivity index (χ0) is 18.1. The summed E-state index contributed by atoms with van der Waals surface area (Å²) >= 11 is 0. The first-order valence-corrected chi connectivity index (χ1v) is 9.20. The van der Waals surface area contributed by atoms with Crippen LogP contribution in [0.15, 0.2) is 24.3 Å². The fourth-order valence-electron chi connectivity index (χ4n) is 3.89. The highest BCUT2D eigenvalue weighted by atomic mass is 19.4. The minimum atomic E-state index is -4.06. The average Bonchev–Trinajstić information content (AvgIpc) is 2.57. The number of benzene rings is 1. The van der Waals surface area contributed by atoms with Gasteiger partial charge in [0.2, 0.25) is 0 Å². The third-order valence-corrected chi connectivity index (χ3v) is 5.69. The second-order valence-electron chi connectivity index (χ2n) is 7.92. The van der Waals surface area contributed by atoms with E-state index in [9.17, 15) is 13.2 Å². The summed E-state index contributed by atoms with van der Waals surface area (Å²) in [7, 11) is 0. The smallest absolute Gasteiger partial charge is 0.382 e. The molecule has 2 fully saturated rings. The van der Waals surface area contributed by atoms with Crippen molar-refractivity contribution in [2.45, 2.75) is 63.2 Å². The van der Waals surface area contributed by atoms with Crippen LogP contribution in [0.4, 0.5) is 24.5 Å². The Hall–Kier alpha value is -1.43. The van der Waals surface area contributed by atoms with Crippen LogP contribution in [0, 0.1) is 5.92 Å². The number of piperidine rings is 1. The molecule has 0 spiro atoms. The SMILES string of the molecule is CC1(N)CCC(Nc2ccc(N3CCC(C(F)(F)F)CC3)cc2)CC1. The first-order valence-electron chi connectivity index (χ1n) is 9.20. The van der Waals surface area contributed by atoms with Crippen molar-refractivity contribution in [1.82, 2.24) is 0 Å². The van der Waals surface area contributed by atoms with Gasteiger partial charge in [0.05, 0.1) is 5.92 Å². The number of nitrogens with zero attached hydrogens (tertiary/aromatic N) is 1. The van der Waals surface area contributed by atoms with Gasteiger partial charge in [-0.3, -0.25) is 0 Å². The van der Waals surface area contributed by atoms with Crippen LogP contribution in [0.1, 0.15) is 45.4 Å². The van der Waals surface area contributed by atoms with Gasteiger partial charge >= 0.3 is 6.18 Å². The third kappa shape index (κ3) is 4.81. The van der Waals surface area contributed by atoms with Gasteiger partial charge < -0.3 is 16.0 Å². The van der Waals surface area contributed by atoms with Crippen molar-refractivity contribution in [3.05, 3.63) is 24.3 Å². The lowest BCUT2D eigenvalue weighted by Gasteiger charge is -2.35. The van der Waals surface area contributed by atoms with Gasteiger partial charge in [-0.15, -0.1) is 0 Å².